The third kappa shape index (κ3) is 13.7. The van der Waals surface area contributed by atoms with Crippen LogP contribution < -0.4 is 0 Å². The second kappa shape index (κ2) is 24.8. The molecule has 4 heterocycles. The second-order valence-corrected chi connectivity index (χ2v) is 17.4. The molecule has 13 nitrogen and oxygen atoms in total. The number of carboxylic acid groups (broad SMARTS) is 1. The number of carboxylic acids is 1. The van der Waals surface area contributed by atoms with Crippen molar-refractivity contribution in [3.05, 3.63) is 131 Å². The molecule has 2 fully saturated rings. The first-order valence-corrected chi connectivity index (χ1v) is 23.3. The molecule has 2 N–H and O–H groups in total. The molecule has 4 aliphatic rings. The van der Waals surface area contributed by atoms with Gasteiger partial charge in [0.05, 0.1) is 6.61 Å². The van der Waals surface area contributed by atoms with Crippen LogP contribution in [0.2, 0.25) is 0 Å². The summed E-state index contributed by atoms with van der Waals surface area (Å²) in [4.78, 5) is 86.6. The Kier molecular flexibility index (Phi) is 18.5. The normalized spacial score (nSPS) is 18.3. The number of amides is 2. The Labute approximate surface area is 381 Å². The van der Waals surface area contributed by atoms with Crippen LogP contribution >= 0.6 is 0 Å². The molecule has 2 unspecified atom stereocenters. The molecule has 0 spiro atoms. The van der Waals surface area contributed by atoms with E-state index in [0.717, 1.165) is 111 Å². The van der Waals surface area contributed by atoms with Gasteiger partial charge >= 0.3 is 11.9 Å². The first-order chi connectivity index (χ1) is 31.6. The van der Waals surface area contributed by atoms with Gasteiger partial charge in [0.1, 0.15) is 12.1 Å². The Morgan fingerprint density at radius 3 is 1.46 bits per heavy atom. The molecular weight excluding hydrogens is 825 g/mol. The van der Waals surface area contributed by atoms with Crippen LogP contribution in [0.15, 0.2) is 97.6 Å². The molecule has 2 atom stereocenters. The van der Waals surface area contributed by atoms with Crippen LogP contribution in [-0.2, 0) is 72.3 Å². The summed E-state index contributed by atoms with van der Waals surface area (Å²) in [5.41, 5.74) is 6.15. The molecule has 8 rings (SSSR count). The van der Waals surface area contributed by atoms with Crippen LogP contribution in [0.4, 0.5) is 0 Å². The van der Waals surface area contributed by atoms with Crippen LogP contribution in [0, 0.1) is 11.8 Å². The van der Waals surface area contributed by atoms with Gasteiger partial charge in [0.25, 0.3) is 11.8 Å². The predicted molar refractivity (Wildman–Crippen MR) is 243 cm³/mol. The number of fused-ring (bicyclic) bond motifs is 2. The number of aliphatic hydroxyl groups excluding tert-OH is 1. The van der Waals surface area contributed by atoms with Gasteiger partial charge in [-0.2, -0.15) is 0 Å². The number of carbonyl (C=O) groups is 6. The van der Waals surface area contributed by atoms with Crippen molar-refractivity contribution in [2.24, 2.45) is 11.8 Å². The van der Waals surface area contributed by atoms with Crippen molar-refractivity contribution in [3.8, 4) is 0 Å². The summed E-state index contributed by atoms with van der Waals surface area (Å²) in [5.74, 6) is -3.86. The fourth-order valence-electron chi connectivity index (χ4n) is 9.19. The zero-order valence-corrected chi connectivity index (χ0v) is 37.2. The van der Waals surface area contributed by atoms with Gasteiger partial charge in [-0.25, -0.2) is 9.59 Å². The van der Waals surface area contributed by atoms with E-state index in [1.165, 1.54) is 15.4 Å². The van der Waals surface area contributed by atoms with Crippen LogP contribution in [0.1, 0.15) is 110 Å². The third-order valence-corrected chi connectivity index (χ3v) is 12.9. The number of carbonyl (C=O) groups excluding carboxylic acids is 5. The molecule has 0 radical (unpaired) electrons. The largest absolute Gasteiger partial charge is 0.480 e. The van der Waals surface area contributed by atoms with Gasteiger partial charge in [0.2, 0.25) is 11.6 Å². The van der Waals surface area contributed by atoms with Crippen molar-refractivity contribution in [2.75, 3.05) is 13.2 Å². The Morgan fingerprint density at radius 2 is 1.02 bits per heavy atom. The number of ether oxygens (including phenoxy) is 1. The molecular formula is C52H62N4O9. The smallest absolute Gasteiger partial charge is 0.329 e. The van der Waals surface area contributed by atoms with Gasteiger partial charge < -0.3 is 24.7 Å². The lowest BCUT2D eigenvalue weighted by molar-refractivity contribution is -0.159. The summed E-state index contributed by atoms with van der Waals surface area (Å²) < 4.78 is 5.56. The fourth-order valence-corrected chi connectivity index (χ4v) is 9.19. The zero-order chi connectivity index (χ0) is 46.0. The van der Waals surface area contributed by atoms with Crippen molar-refractivity contribution in [3.63, 3.8) is 0 Å². The van der Waals surface area contributed by atoms with Crippen molar-refractivity contribution in [2.45, 2.75) is 128 Å². The van der Waals surface area contributed by atoms with E-state index in [1.54, 1.807) is 18.6 Å². The molecule has 2 aliphatic heterocycles. The second-order valence-electron chi connectivity index (χ2n) is 17.4. The van der Waals surface area contributed by atoms with E-state index < -0.39 is 41.6 Å². The minimum atomic E-state index is -1.05. The van der Waals surface area contributed by atoms with E-state index in [9.17, 15) is 33.9 Å². The Bertz CT molecular complexity index is 2210. The van der Waals surface area contributed by atoms with Crippen LogP contribution in [-0.4, -0.2) is 90.6 Å². The van der Waals surface area contributed by atoms with E-state index in [1.807, 2.05) is 79.0 Å². The number of nitrogens with zero attached hydrogens (tertiary/aromatic N) is 4. The van der Waals surface area contributed by atoms with Crippen molar-refractivity contribution in [1.29, 1.82) is 0 Å². The minimum Gasteiger partial charge on any atom is -0.480 e. The standard InChI is InChI=1S/C26H30N2O4.C18H21NO4.C8H11NO/c29-24(20-10-2-1-3-11-20)25(30)28-18-22-13-5-4-12-21(22)16-23(28)26(31)32-15-7-9-19-8-6-14-27-17-19;20-16(12-6-2-1-3-7-12)17(21)19-11-14-9-5-4-8-13(14)10-15(19)18(22)23;10-6-2-4-8-3-1-5-9-7-8/h4-6,8,12-14,17,20,23H,1-3,7,9-11,15-16,18H2;4-5,8-9,12,15H,1-3,6-7,10-11H2,(H,22,23);1,3,5,7,10H,2,4,6H2. The van der Waals surface area contributed by atoms with Gasteiger partial charge in [0, 0.05) is 69.2 Å². The number of aromatic nitrogens is 2. The summed E-state index contributed by atoms with van der Waals surface area (Å²) in [6, 6.07) is 21.4. The van der Waals surface area contributed by atoms with Gasteiger partial charge in [-0.3, -0.25) is 29.1 Å². The number of esters is 1. The van der Waals surface area contributed by atoms with Gasteiger partial charge in [0.15, 0.2) is 0 Å². The first-order valence-electron chi connectivity index (χ1n) is 23.3. The number of aliphatic carboxylic acids is 1. The van der Waals surface area contributed by atoms with E-state index in [4.69, 9.17) is 9.84 Å². The monoisotopic (exact) mass is 886 g/mol. The van der Waals surface area contributed by atoms with Crippen LogP contribution in [0.3, 0.4) is 0 Å². The highest BCUT2D eigenvalue weighted by Gasteiger charge is 2.41. The molecule has 65 heavy (non-hydrogen) atoms. The number of Topliss-reactive ketones (excluding diaryl/α,β-unsaturated/α-hetero) is 2. The summed E-state index contributed by atoms with van der Waals surface area (Å²) in [6.45, 7) is 0.993. The molecule has 0 bridgehead atoms. The summed E-state index contributed by atoms with van der Waals surface area (Å²) in [6.07, 6.45) is 20.1. The van der Waals surface area contributed by atoms with Crippen LogP contribution in [0.25, 0.3) is 0 Å². The van der Waals surface area contributed by atoms with Crippen LogP contribution in [0.5, 0.6) is 0 Å². The third-order valence-electron chi connectivity index (χ3n) is 12.9. The number of hydrogen-bond donors (Lipinski definition) is 2. The predicted octanol–water partition coefficient (Wildman–Crippen LogP) is 6.84. The molecule has 4 aromatic rings. The molecule has 344 valence electrons. The number of benzene rings is 2. The molecule has 2 aromatic heterocycles. The molecule has 2 saturated carbocycles. The fraction of sp³-hybridized carbons (Fsp3) is 0.462. The van der Waals surface area contributed by atoms with E-state index in [0.29, 0.717) is 12.8 Å². The molecule has 2 aromatic carbocycles. The average Bonchev–Trinajstić information content (AvgIpc) is 3.36. The van der Waals surface area contributed by atoms with Gasteiger partial charge in [-0.1, -0.05) is 99.2 Å². The Hall–Kier alpha value is -6.08. The first kappa shape index (κ1) is 48.4. The highest BCUT2D eigenvalue weighted by atomic mass is 16.5. The average molecular weight is 887 g/mol. The number of hydrogen-bond acceptors (Lipinski definition) is 10. The summed E-state index contributed by atoms with van der Waals surface area (Å²) in [5, 5.41) is 18.0. The lowest BCUT2D eigenvalue weighted by atomic mass is 9.85. The quantitative estimate of drug-likeness (QED) is 0.0814. The maximum atomic E-state index is 13.2. The highest BCUT2D eigenvalue weighted by molar-refractivity contribution is 6.37. The van der Waals surface area contributed by atoms with E-state index in [-0.39, 0.29) is 50.3 Å². The Balaban J connectivity index is 0.000000184. The summed E-state index contributed by atoms with van der Waals surface area (Å²) in [7, 11) is 0. The lowest BCUT2D eigenvalue weighted by Gasteiger charge is -2.36. The topological polar surface area (TPSA) is 184 Å². The van der Waals surface area contributed by atoms with Crippen molar-refractivity contribution < 1.29 is 43.7 Å². The highest BCUT2D eigenvalue weighted by Crippen LogP contribution is 2.30. The van der Waals surface area contributed by atoms with E-state index >= 15 is 0 Å². The van der Waals surface area contributed by atoms with Gasteiger partial charge in [-0.05, 0) is 96.9 Å². The summed E-state index contributed by atoms with van der Waals surface area (Å²) >= 11 is 0. The number of aliphatic hydroxyl groups is 1. The van der Waals surface area contributed by atoms with Crippen molar-refractivity contribution >= 4 is 35.3 Å². The number of aryl methyl sites for hydroxylation is 2. The van der Waals surface area contributed by atoms with E-state index in [2.05, 4.69) is 9.97 Å². The number of pyridine rings is 2. The SMILES string of the molecule is O=C(C(=O)N1Cc2ccccc2CC1C(=O)O)C1CCCCC1.O=C(C(=O)N1Cc2ccccc2CC1C(=O)OCCCc1cccnc1)C1CCCCC1.OCCCc1cccnc1. The maximum Gasteiger partial charge on any atom is 0.329 e. The maximum absolute atomic E-state index is 13.2. The molecule has 2 amide bonds. The molecule has 2 aliphatic carbocycles. The lowest BCUT2D eigenvalue weighted by Crippen LogP contribution is -2.52. The zero-order valence-electron chi connectivity index (χ0n) is 37.2. The van der Waals surface area contributed by atoms with Gasteiger partial charge in [-0.15, -0.1) is 0 Å². The number of rotatable bonds is 13. The Morgan fingerprint density at radius 1 is 0.569 bits per heavy atom. The molecule has 0 saturated heterocycles. The minimum absolute atomic E-state index is 0.199. The van der Waals surface area contributed by atoms with Crippen molar-refractivity contribution in [1.82, 2.24) is 19.8 Å². The number of ketones is 2. The molecule has 13 heteroatoms.